The minimum Gasteiger partial charge on any atom is -0.486 e. The van der Waals surface area contributed by atoms with Crippen LogP contribution in [0, 0.1) is 0 Å². The Bertz CT molecular complexity index is 438. The molecule has 0 atom stereocenters. The van der Waals surface area contributed by atoms with Crippen LogP contribution >= 0.6 is 11.6 Å². The zero-order valence-electron chi connectivity index (χ0n) is 8.22. The molecule has 4 nitrogen and oxygen atoms in total. The number of ether oxygens (including phenoxy) is 1. The Morgan fingerprint density at radius 2 is 2.07 bits per heavy atom. The van der Waals surface area contributed by atoms with Gasteiger partial charge in [0.05, 0.1) is 0 Å². The van der Waals surface area contributed by atoms with Crippen LogP contribution in [0.2, 0.25) is 5.02 Å². The number of halogens is 1. The minimum atomic E-state index is 0.401. The van der Waals surface area contributed by atoms with Crippen molar-refractivity contribution in [1.29, 1.82) is 0 Å². The van der Waals surface area contributed by atoms with Gasteiger partial charge in [-0.15, -0.1) is 0 Å². The van der Waals surface area contributed by atoms with Crippen molar-refractivity contribution in [1.82, 2.24) is 14.8 Å². The summed E-state index contributed by atoms with van der Waals surface area (Å²) in [5.74, 6) is 1.55. The third-order valence-corrected chi connectivity index (χ3v) is 2.24. The van der Waals surface area contributed by atoms with Crippen molar-refractivity contribution >= 4 is 11.6 Å². The third-order valence-electron chi connectivity index (χ3n) is 1.99. The van der Waals surface area contributed by atoms with Gasteiger partial charge >= 0.3 is 0 Å². The highest BCUT2D eigenvalue weighted by molar-refractivity contribution is 6.30. The SMILES string of the molecule is Cn1ncnc1COc1ccc(Cl)cc1. The van der Waals surface area contributed by atoms with Crippen molar-refractivity contribution in [3.8, 4) is 5.75 Å². The van der Waals surface area contributed by atoms with Crippen molar-refractivity contribution in [3.63, 3.8) is 0 Å². The molecule has 1 aromatic carbocycles. The Morgan fingerprint density at radius 1 is 1.33 bits per heavy atom. The van der Waals surface area contributed by atoms with Gasteiger partial charge in [0, 0.05) is 12.1 Å². The first-order valence-corrected chi connectivity index (χ1v) is 4.85. The molecule has 0 aliphatic carbocycles. The molecule has 0 saturated carbocycles. The van der Waals surface area contributed by atoms with Crippen molar-refractivity contribution in [3.05, 3.63) is 41.4 Å². The highest BCUT2D eigenvalue weighted by Crippen LogP contribution is 2.16. The molecule has 2 rings (SSSR count). The van der Waals surface area contributed by atoms with E-state index in [4.69, 9.17) is 16.3 Å². The van der Waals surface area contributed by atoms with Crippen molar-refractivity contribution in [2.24, 2.45) is 7.05 Å². The van der Waals surface area contributed by atoms with Crippen LogP contribution in [0.25, 0.3) is 0 Å². The zero-order chi connectivity index (χ0) is 10.7. The lowest BCUT2D eigenvalue weighted by Gasteiger charge is -2.04. The van der Waals surface area contributed by atoms with Gasteiger partial charge in [-0.3, -0.25) is 4.68 Å². The van der Waals surface area contributed by atoms with Crippen LogP contribution in [-0.2, 0) is 13.7 Å². The van der Waals surface area contributed by atoms with Gasteiger partial charge in [-0.1, -0.05) is 11.6 Å². The van der Waals surface area contributed by atoms with Crippen LogP contribution in [0.3, 0.4) is 0 Å². The molecule has 78 valence electrons. The van der Waals surface area contributed by atoms with Crippen molar-refractivity contribution in [2.45, 2.75) is 6.61 Å². The molecule has 0 bridgehead atoms. The Morgan fingerprint density at radius 3 is 2.67 bits per heavy atom. The van der Waals surface area contributed by atoms with Crippen LogP contribution in [0.1, 0.15) is 5.82 Å². The number of aromatic nitrogens is 3. The third kappa shape index (κ3) is 2.47. The number of nitrogens with zero attached hydrogens (tertiary/aromatic N) is 3. The molecular formula is C10H10ClN3O. The number of hydrogen-bond donors (Lipinski definition) is 0. The molecule has 0 unspecified atom stereocenters. The fraction of sp³-hybridized carbons (Fsp3) is 0.200. The summed E-state index contributed by atoms with van der Waals surface area (Å²) in [5, 5.41) is 4.64. The predicted octanol–water partition coefficient (Wildman–Crippen LogP) is 2.05. The first-order chi connectivity index (χ1) is 7.25. The van der Waals surface area contributed by atoms with E-state index in [0.29, 0.717) is 11.6 Å². The summed E-state index contributed by atoms with van der Waals surface area (Å²) in [7, 11) is 1.83. The molecule has 0 radical (unpaired) electrons. The Kier molecular flexibility index (Phi) is 2.87. The normalized spacial score (nSPS) is 10.3. The number of aryl methyl sites for hydroxylation is 1. The summed E-state index contributed by atoms with van der Waals surface area (Å²) < 4.78 is 7.18. The second-order valence-corrected chi connectivity index (χ2v) is 3.48. The maximum atomic E-state index is 5.75. The lowest BCUT2D eigenvalue weighted by molar-refractivity contribution is 0.290. The highest BCUT2D eigenvalue weighted by atomic mass is 35.5. The number of rotatable bonds is 3. The molecule has 0 spiro atoms. The van der Waals surface area contributed by atoms with Gasteiger partial charge in [-0.05, 0) is 24.3 Å². The topological polar surface area (TPSA) is 39.9 Å². The maximum Gasteiger partial charge on any atom is 0.164 e. The van der Waals surface area contributed by atoms with E-state index < -0.39 is 0 Å². The summed E-state index contributed by atoms with van der Waals surface area (Å²) in [4.78, 5) is 4.05. The van der Waals surface area contributed by atoms with E-state index in [2.05, 4.69) is 10.1 Å². The lowest BCUT2D eigenvalue weighted by Crippen LogP contribution is -2.04. The van der Waals surface area contributed by atoms with Gasteiger partial charge in [0.25, 0.3) is 0 Å². The molecule has 0 aliphatic rings. The fourth-order valence-corrected chi connectivity index (χ4v) is 1.26. The second kappa shape index (κ2) is 4.31. The monoisotopic (exact) mass is 223 g/mol. The lowest BCUT2D eigenvalue weighted by atomic mass is 10.3. The van der Waals surface area contributed by atoms with Crippen molar-refractivity contribution in [2.75, 3.05) is 0 Å². The summed E-state index contributed by atoms with van der Waals surface area (Å²) in [6.45, 7) is 0.401. The summed E-state index contributed by atoms with van der Waals surface area (Å²) in [6.07, 6.45) is 1.50. The molecule has 0 aliphatic heterocycles. The van der Waals surface area contributed by atoms with Gasteiger partial charge in [0.2, 0.25) is 0 Å². The standard InChI is InChI=1S/C10H10ClN3O/c1-14-10(12-7-13-14)6-15-9-4-2-8(11)3-5-9/h2-5,7H,6H2,1H3. The highest BCUT2D eigenvalue weighted by Gasteiger charge is 2.01. The average molecular weight is 224 g/mol. The first kappa shape index (κ1) is 9.98. The van der Waals surface area contributed by atoms with E-state index in [-0.39, 0.29) is 0 Å². The first-order valence-electron chi connectivity index (χ1n) is 4.47. The summed E-state index contributed by atoms with van der Waals surface area (Å²) in [5.41, 5.74) is 0. The van der Waals surface area contributed by atoms with Crippen LogP contribution in [0.5, 0.6) is 5.75 Å². The van der Waals surface area contributed by atoms with E-state index in [0.717, 1.165) is 11.6 Å². The smallest absolute Gasteiger partial charge is 0.164 e. The Hall–Kier alpha value is -1.55. The van der Waals surface area contributed by atoms with Crippen LogP contribution in [0.15, 0.2) is 30.6 Å². The molecule has 1 heterocycles. The Balaban J connectivity index is 1.99. The summed E-state index contributed by atoms with van der Waals surface area (Å²) in [6, 6.07) is 7.21. The molecule has 1 aromatic heterocycles. The second-order valence-electron chi connectivity index (χ2n) is 3.04. The molecule has 15 heavy (non-hydrogen) atoms. The van der Waals surface area contributed by atoms with E-state index in [1.807, 2.05) is 19.2 Å². The molecule has 0 amide bonds. The van der Waals surface area contributed by atoms with Gasteiger partial charge in [0.1, 0.15) is 18.7 Å². The predicted molar refractivity (Wildman–Crippen MR) is 56.8 cm³/mol. The van der Waals surface area contributed by atoms with Crippen LogP contribution < -0.4 is 4.74 Å². The maximum absolute atomic E-state index is 5.75. The van der Waals surface area contributed by atoms with Crippen LogP contribution in [0.4, 0.5) is 0 Å². The van der Waals surface area contributed by atoms with Gasteiger partial charge in [-0.2, -0.15) is 5.10 Å². The van der Waals surface area contributed by atoms with Gasteiger partial charge < -0.3 is 4.74 Å². The quantitative estimate of drug-likeness (QED) is 0.800. The van der Waals surface area contributed by atoms with Crippen molar-refractivity contribution < 1.29 is 4.74 Å². The van der Waals surface area contributed by atoms with Gasteiger partial charge in [0.15, 0.2) is 5.82 Å². The largest absolute Gasteiger partial charge is 0.486 e. The van der Waals surface area contributed by atoms with E-state index in [9.17, 15) is 0 Å². The number of benzene rings is 1. The molecule has 0 saturated heterocycles. The molecular weight excluding hydrogens is 214 g/mol. The summed E-state index contributed by atoms with van der Waals surface area (Å²) >= 11 is 5.75. The fourth-order valence-electron chi connectivity index (χ4n) is 1.13. The van der Waals surface area contributed by atoms with E-state index >= 15 is 0 Å². The zero-order valence-corrected chi connectivity index (χ0v) is 8.98. The average Bonchev–Trinajstić information content (AvgIpc) is 2.63. The number of hydrogen-bond acceptors (Lipinski definition) is 3. The van der Waals surface area contributed by atoms with Gasteiger partial charge in [-0.25, -0.2) is 4.98 Å². The molecule has 2 aromatic rings. The van der Waals surface area contributed by atoms with Crippen LogP contribution in [-0.4, -0.2) is 14.8 Å². The van der Waals surface area contributed by atoms with E-state index in [1.54, 1.807) is 16.8 Å². The Labute approximate surface area is 92.5 Å². The molecule has 0 fully saturated rings. The minimum absolute atomic E-state index is 0.401. The molecule has 5 heteroatoms. The molecule has 0 N–H and O–H groups in total. The van der Waals surface area contributed by atoms with E-state index in [1.165, 1.54) is 6.33 Å².